The molecule has 6 heteroatoms. The van der Waals surface area contributed by atoms with Crippen LogP contribution in [0.25, 0.3) is 0 Å². The van der Waals surface area contributed by atoms with E-state index in [4.69, 9.17) is 32.7 Å². The van der Waals surface area contributed by atoms with E-state index in [-0.39, 0.29) is 0 Å². The minimum absolute atomic E-state index is 0.337. The molecule has 0 saturated carbocycles. The van der Waals surface area contributed by atoms with Gasteiger partial charge >= 0.3 is 0 Å². The first-order valence-electron chi connectivity index (χ1n) is 5.49. The Bertz CT molecular complexity index is 238. The normalized spacial score (nSPS) is 22.1. The Morgan fingerprint density at radius 2 is 1.12 bits per heavy atom. The molecule has 2 fully saturated rings. The summed E-state index contributed by atoms with van der Waals surface area (Å²) in [6.45, 7) is 6.30. The first-order chi connectivity index (χ1) is 7.79. The van der Waals surface area contributed by atoms with Crippen LogP contribution in [0.5, 0.6) is 0 Å². The summed E-state index contributed by atoms with van der Waals surface area (Å²) in [5.41, 5.74) is 0. The van der Waals surface area contributed by atoms with Gasteiger partial charge in [-0.3, -0.25) is 0 Å². The van der Waals surface area contributed by atoms with E-state index in [0.29, 0.717) is 4.49 Å². The van der Waals surface area contributed by atoms with E-state index in [2.05, 4.69) is 9.80 Å². The number of morpholine rings is 2. The summed E-state index contributed by atoms with van der Waals surface area (Å²) in [7, 11) is 0. The first kappa shape index (κ1) is 12.3. The zero-order valence-electron chi connectivity index (χ0n) is 9.12. The highest BCUT2D eigenvalue weighted by Crippen LogP contribution is 2.23. The van der Waals surface area contributed by atoms with Gasteiger partial charge in [-0.05, 0) is 0 Å². The van der Waals surface area contributed by atoms with Crippen molar-refractivity contribution in [3.05, 3.63) is 10.3 Å². The average Bonchev–Trinajstić information content (AvgIpc) is 2.31. The second kappa shape index (κ2) is 5.96. The van der Waals surface area contributed by atoms with E-state index in [1.807, 2.05) is 0 Å². The summed E-state index contributed by atoms with van der Waals surface area (Å²) in [6, 6.07) is 0. The highest BCUT2D eigenvalue weighted by molar-refractivity contribution is 6.56. The standard InChI is InChI=1S/C10H16Cl2N2O2/c11-9(12)10(13-1-5-15-6-2-13)14-3-7-16-8-4-14/h1-8H2. The smallest absolute Gasteiger partial charge is 0.147 e. The molecule has 0 aromatic rings. The van der Waals surface area contributed by atoms with Crippen LogP contribution < -0.4 is 0 Å². The van der Waals surface area contributed by atoms with Crippen molar-refractivity contribution in [3.8, 4) is 0 Å². The minimum atomic E-state index is 0.337. The van der Waals surface area contributed by atoms with Gasteiger partial charge < -0.3 is 19.3 Å². The highest BCUT2D eigenvalue weighted by atomic mass is 35.5. The van der Waals surface area contributed by atoms with E-state index < -0.39 is 0 Å². The van der Waals surface area contributed by atoms with Crippen molar-refractivity contribution in [1.82, 2.24) is 9.80 Å². The van der Waals surface area contributed by atoms with Gasteiger partial charge in [0.25, 0.3) is 0 Å². The summed E-state index contributed by atoms with van der Waals surface area (Å²) >= 11 is 12.0. The molecule has 2 saturated heterocycles. The molecule has 16 heavy (non-hydrogen) atoms. The second-order valence-corrected chi connectivity index (χ2v) is 4.73. The van der Waals surface area contributed by atoms with Gasteiger partial charge in [-0.25, -0.2) is 0 Å². The lowest BCUT2D eigenvalue weighted by atomic mass is 10.3. The number of hydrogen-bond acceptors (Lipinski definition) is 4. The lowest BCUT2D eigenvalue weighted by molar-refractivity contribution is 0.00861. The molecule has 0 atom stereocenters. The topological polar surface area (TPSA) is 24.9 Å². The van der Waals surface area contributed by atoms with Crippen molar-refractivity contribution in [2.75, 3.05) is 52.6 Å². The Kier molecular flexibility index (Phi) is 4.58. The van der Waals surface area contributed by atoms with Gasteiger partial charge in [-0.2, -0.15) is 0 Å². The van der Waals surface area contributed by atoms with Crippen LogP contribution in [0.4, 0.5) is 0 Å². The fourth-order valence-electron chi connectivity index (χ4n) is 1.99. The van der Waals surface area contributed by atoms with Crippen molar-refractivity contribution < 1.29 is 9.47 Å². The quantitative estimate of drug-likeness (QED) is 0.752. The summed E-state index contributed by atoms with van der Waals surface area (Å²) in [4.78, 5) is 4.37. The number of halogens is 2. The molecule has 0 aromatic carbocycles. The molecule has 0 bridgehead atoms. The van der Waals surface area contributed by atoms with Crippen molar-refractivity contribution in [2.45, 2.75) is 0 Å². The Hall–Kier alpha value is -0.160. The average molecular weight is 267 g/mol. The molecule has 0 spiro atoms. The van der Waals surface area contributed by atoms with Crippen LogP contribution in [0, 0.1) is 0 Å². The number of hydrogen-bond donors (Lipinski definition) is 0. The van der Waals surface area contributed by atoms with E-state index in [9.17, 15) is 0 Å². The van der Waals surface area contributed by atoms with Gasteiger partial charge in [0.15, 0.2) is 0 Å². The van der Waals surface area contributed by atoms with E-state index in [1.165, 1.54) is 0 Å². The number of rotatable bonds is 2. The molecule has 0 aliphatic carbocycles. The van der Waals surface area contributed by atoms with E-state index in [0.717, 1.165) is 58.4 Å². The van der Waals surface area contributed by atoms with Crippen molar-refractivity contribution in [3.63, 3.8) is 0 Å². The van der Waals surface area contributed by atoms with Crippen LogP contribution >= 0.6 is 23.2 Å². The third-order valence-corrected chi connectivity index (χ3v) is 3.13. The van der Waals surface area contributed by atoms with Crippen LogP contribution in [0.3, 0.4) is 0 Å². The molecular formula is C10H16Cl2N2O2. The summed E-state index contributed by atoms with van der Waals surface area (Å²) in [5, 5.41) is 0. The van der Waals surface area contributed by atoms with E-state index >= 15 is 0 Å². The zero-order chi connectivity index (χ0) is 11.4. The molecule has 2 aliphatic rings. The maximum Gasteiger partial charge on any atom is 0.147 e. The molecule has 0 amide bonds. The molecule has 0 unspecified atom stereocenters. The van der Waals surface area contributed by atoms with Gasteiger partial charge in [0.05, 0.1) is 26.4 Å². The Morgan fingerprint density at radius 1 is 0.750 bits per heavy atom. The molecule has 0 radical (unpaired) electrons. The van der Waals surface area contributed by atoms with Crippen molar-refractivity contribution in [1.29, 1.82) is 0 Å². The minimum Gasteiger partial charge on any atom is -0.378 e. The maximum absolute atomic E-state index is 5.99. The lowest BCUT2D eigenvalue weighted by Gasteiger charge is -2.39. The molecular weight excluding hydrogens is 251 g/mol. The van der Waals surface area contributed by atoms with Gasteiger partial charge in [0, 0.05) is 26.2 Å². The Balaban J connectivity index is 2.06. The van der Waals surface area contributed by atoms with Crippen LogP contribution in [-0.2, 0) is 9.47 Å². The van der Waals surface area contributed by atoms with Crippen molar-refractivity contribution in [2.24, 2.45) is 0 Å². The summed E-state index contributed by atoms with van der Waals surface area (Å²) in [6.07, 6.45) is 0. The third kappa shape index (κ3) is 2.94. The SMILES string of the molecule is ClC(Cl)=C(N1CCOCC1)N1CCOCC1. The van der Waals surface area contributed by atoms with Crippen LogP contribution in [-0.4, -0.2) is 62.4 Å². The molecule has 0 N–H and O–H groups in total. The highest BCUT2D eigenvalue weighted by Gasteiger charge is 2.23. The molecule has 0 aromatic heterocycles. The fourth-order valence-corrected chi connectivity index (χ4v) is 2.47. The van der Waals surface area contributed by atoms with Crippen LogP contribution in [0.1, 0.15) is 0 Å². The molecule has 92 valence electrons. The molecule has 4 nitrogen and oxygen atoms in total. The largest absolute Gasteiger partial charge is 0.378 e. The van der Waals surface area contributed by atoms with Crippen LogP contribution in [0.2, 0.25) is 0 Å². The molecule has 2 rings (SSSR count). The summed E-state index contributed by atoms with van der Waals surface area (Å²) < 4.78 is 11.0. The predicted octanol–water partition coefficient (Wildman–Crippen LogP) is 1.25. The first-order valence-corrected chi connectivity index (χ1v) is 6.25. The monoisotopic (exact) mass is 266 g/mol. The van der Waals surface area contributed by atoms with Gasteiger partial charge in [-0.1, -0.05) is 23.2 Å². The van der Waals surface area contributed by atoms with Crippen LogP contribution in [0.15, 0.2) is 10.3 Å². The second-order valence-electron chi connectivity index (χ2n) is 3.78. The fraction of sp³-hybridized carbons (Fsp3) is 0.800. The predicted molar refractivity (Wildman–Crippen MR) is 63.5 cm³/mol. The van der Waals surface area contributed by atoms with Gasteiger partial charge in [-0.15, -0.1) is 0 Å². The Labute approximate surface area is 106 Å². The molecule has 2 heterocycles. The zero-order valence-corrected chi connectivity index (χ0v) is 10.6. The van der Waals surface area contributed by atoms with Gasteiger partial charge in [0.2, 0.25) is 0 Å². The maximum atomic E-state index is 5.99. The lowest BCUT2D eigenvalue weighted by Crippen LogP contribution is -2.46. The summed E-state index contributed by atoms with van der Waals surface area (Å²) in [5.74, 6) is 0.926. The van der Waals surface area contributed by atoms with Gasteiger partial charge in [0.1, 0.15) is 10.3 Å². The number of ether oxygens (including phenoxy) is 2. The molecule has 2 aliphatic heterocycles. The Morgan fingerprint density at radius 3 is 1.44 bits per heavy atom. The van der Waals surface area contributed by atoms with Crippen molar-refractivity contribution >= 4 is 23.2 Å². The van der Waals surface area contributed by atoms with E-state index in [1.54, 1.807) is 0 Å². The third-order valence-electron chi connectivity index (χ3n) is 2.79. The number of nitrogens with zero attached hydrogens (tertiary/aromatic N) is 2.